The highest BCUT2D eigenvalue weighted by Gasteiger charge is 2.53. The Hall–Kier alpha value is -1.03. The molecule has 2 fully saturated rings. The predicted molar refractivity (Wildman–Crippen MR) is 58.1 cm³/mol. The van der Waals surface area contributed by atoms with Crippen molar-refractivity contribution in [1.29, 1.82) is 0 Å². The van der Waals surface area contributed by atoms with Crippen molar-refractivity contribution in [3.8, 4) is 11.8 Å². The van der Waals surface area contributed by atoms with E-state index in [1.165, 1.54) is 18.6 Å². The molecule has 0 N–H and O–H groups in total. The second-order valence-electron chi connectivity index (χ2n) is 4.57. The minimum Gasteiger partial charge on any atom is -0.297 e. The Labute approximate surface area is 85.3 Å². The fraction of sp³-hybridized carbons (Fsp3) is 0.615. The molecule has 3 rings (SSSR count). The molecule has 1 nitrogen and oxygen atoms in total. The summed E-state index contributed by atoms with van der Waals surface area (Å²) in [5, 5.41) is 0. The molecule has 0 heterocycles. The van der Waals surface area contributed by atoms with Crippen LogP contribution in [0.15, 0.2) is 17.1 Å². The Morgan fingerprint density at radius 1 is 1.43 bits per heavy atom. The molecule has 14 heavy (non-hydrogen) atoms. The molecule has 0 bridgehead atoms. The lowest BCUT2D eigenvalue weighted by Crippen LogP contribution is -2.06. The van der Waals surface area contributed by atoms with Gasteiger partial charge in [0.1, 0.15) is 0 Å². The second kappa shape index (κ2) is 2.98. The zero-order chi connectivity index (χ0) is 9.54. The average molecular weight is 185 g/mol. The van der Waals surface area contributed by atoms with Gasteiger partial charge in [0.15, 0.2) is 0 Å². The Kier molecular flexibility index (Phi) is 1.77. The quantitative estimate of drug-likeness (QED) is 0.462. The zero-order valence-corrected chi connectivity index (χ0v) is 8.53. The largest absolute Gasteiger partial charge is 0.297 e. The third-order valence-electron chi connectivity index (χ3n) is 3.67. The van der Waals surface area contributed by atoms with Crippen LogP contribution >= 0.6 is 0 Å². The van der Waals surface area contributed by atoms with E-state index in [9.17, 15) is 0 Å². The first-order valence-corrected chi connectivity index (χ1v) is 5.53. The lowest BCUT2D eigenvalue weighted by molar-refractivity contribution is 0.807. The highest BCUT2D eigenvalue weighted by atomic mass is 14.8. The molecule has 0 aromatic rings. The Bertz CT molecular complexity index is 362. The van der Waals surface area contributed by atoms with Crippen molar-refractivity contribution >= 4 is 5.71 Å². The molecule has 0 aromatic carbocycles. The van der Waals surface area contributed by atoms with Gasteiger partial charge in [-0.1, -0.05) is 17.9 Å². The fourth-order valence-electron chi connectivity index (χ4n) is 2.72. The number of aliphatic imine (C=N–C) groups is 1. The molecule has 0 aromatic heterocycles. The number of hydrogen-bond acceptors (Lipinski definition) is 1. The van der Waals surface area contributed by atoms with Gasteiger partial charge in [0.2, 0.25) is 0 Å². The minimum atomic E-state index is 0.747. The number of rotatable bonds is 2. The summed E-state index contributed by atoms with van der Waals surface area (Å²) in [4.78, 5) is 4.50. The summed E-state index contributed by atoms with van der Waals surface area (Å²) >= 11 is 0. The Balaban J connectivity index is 1.78. The molecule has 3 unspecified atom stereocenters. The van der Waals surface area contributed by atoms with Gasteiger partial charge < -0.3 is 0 Å². The smallest absolute Gasteiger partial charge is 0.0276 e. The second-order valence-corrected chi connectivity index (χ2v) is 4.57. The van der Waals surface area contributed by atoms with Crippen LogP contribution in [-0.4, -0.2) is 12.8 Å². The normalized spacial score (nSPS) is 39.5. The van der Waals surface area contributed by atoms with Crippen molar-refractivity contribution < 1.29 is 0 Å². The van der Waals surface area contributed by atoms with Crippen molar-refractivity contribution in [1.82, 2.24) is 0 Å². The number of hydrogen-bond donors (Lipinski definition) is 0. The van der Waals surface area contributed by atoms with Crippen LogP contribution in [0.25, 0.3) is 0 Å². The van der Waals surface area contributed by atoms with E-state index in [1.54, 1.807) is 0 Å². The fourth-order valence-corrected chi connectivity index (χ4v) is 2.72. The van der Waals surface area contributed by atoms with Crippen LogP contribution in [0.2, 0.25) is 0 Å². The first-order valence-electron chi connectivity index (χ1n) is 5.53. The first kappa shape index (κ1) is 8.29. The molecule has 0 spiro atoms. The molecule has 72 valence electrons. The predicted octanol–water partition coefficient (Wildman–Crippen LogP) is 2.29. The van der Waals surface area contributed by atoms with Crippen LogP contribution in [-0.2, 0) is 0 Å². The van der Waals surface area contributed by atoms with E-state index in [0.717, 1.165) is 30.1 Å². The van der Waals surface area contributed by atoms with E-state index < -0.39 is 0 Å². The van der Waals surface area contributed by atoms with Gasteiger partial charge in [-0.05, 0) is 36.7 Å². The summed E-state index contributed by atoms with van der Waals surface area (Å²) in [6, 6.07) is 0. The molecular weight excluding hydrogens is 170 g/mol. The summed E-state index contributed by atoms with van der Waals surface area (Å²) in [5.41, 5.74) is 1.49. The lowest BCUT2D eigenvalue weighted by atomic mass is 10.1. The van der Waals surface area contributed by atoms with Crippen molar-refractivity contribution in [2.75, 3.05) is 7.05 Å². The topological polar surface area (TPSA) is 12.4 Å². The molecule has 0 amide bonds. The van der Waals surface area contributed by atoms with Gasteiger partial charge in [-0.25, -0.2) is 0 Å². The van der Waals surface area contributed by atoms with E-state index in [4.69, 9.17) is 0 Å². The van der Waals surface area contributed by atoms with Gasteiger partial charge in [0.25, 0.3) is 0 Å². The first-order chi connectivity index (χ1) is 6.92. The minimum absolute atomic E-state index is 0.747. The third-order valence-corrected chi connectivity index (χ3v) is 3.67. The highest BCUT2D eigenvalue weighted by Crippen LogP contribution is 2.54. The van der Waals surface area contributed by atoms with Crippen LogP contribution in [0.3, 0.4) is 0 Å². The van der Waals surface area contributed by atoms with Crippen molar-refractivity contribution in [2.45, 2.75) is 19.3 Å². The average Bonchev–Trinajstić information content (AvgIpc) is 2.99. The monoisotopic (exact) mass is 185 g/mol. The summed E-state index contributed by atoms with van der Waals surface area (Å²) in [5.74, 6) is 9.39. The summed E-state index contributed by atoms with van der Waals surface area (Å²) < 4.78 is 0. The maximum absolute atomic E-state index is 4.50. The molecule has 0 radical (unpaired) electrons. The van der Waals surface area contributed by atoms with Crippen molar-refractivity contribution in [3.05, 3.63) is 12.2 Å². The number of fused-ring (bicyclic) bond motifs is 1. The summed E-state index contributed by atoms with van der Waals surface area (Å²) in [6.45, 7) is 0. The maximum atomic E-state index is 4.50. The highest BCUT2D eigenvalue weighted by molar-refractivity contribution is 5.93. The Morgan fingerprint density at radius 3 is 3.00 bits per heavy atom. The van der Waals surface area contributed by atoms with E-state index in [2.05, 4.69) is 22.9 Å². The van der Waals surface area contributed by atoms with E-state index >= 15 is 0 Å². The van der Waals surface area contributed by atoms with E-state index in [1.807, 2.05) is 13.1 Å². The SMILES string of the molecule is CN=C(C1CC1)C1C2C=CC#CCC21. The number of allylic oxidation sites excluding steroid dienone is 2. The van der Waals surface area contributed by atoms with E-state index in [-0.39, 0.29) is 0 Å². The van der Waals surface area contributed by atoms with Gasteiger partial charge in [-0.3, -0.25) is 4.99 Å². The molecule has 0 aliphatic heterocycles. The van der Waals surface area contributed by atoms with Gasteiger partial charge in [-0.2, -0.15) is 0 Å². The van der Waals surface area contributed by atoms with Crippen LogP contribution in [0, 0.1) is 35.5 Å². The van der Waals surface area contributed by atoms with Crippen molar-refractivity contribution in [3.63, 3.8) is 0 Å². The van der Waals surface area contributed by atoms with Crippen LogP contribution in [0.1, 0.15) is 19.3 Å². The molecular formula is C13H15N. The molecule has 3 atom stereocenters. The van der Waals surface area contributed by atoms with Crippen LogP contribution in [0.4, 0.5) is 0 Å². The molecule has 3 aliphatic rings. The Morgan fingerprint density at radius 2 is 2.29 bits per heavy atom. The standard InChI is InChI=1S/C13H15N/c1-14-13(9-7-8-9)12-10-5-3-2-4-6-11(10)12/h3,5,9-12H,6-8H2,1H3. The third kappa shape index (κ3) is 1.21. The van der Waals surface area contributed by atoms with Gasteiger partial charge >= 0.3 is 0 Å². The molecule has 1 heteroatoms. The maximum Gasteiger partial charge on any atom is 0.0276 e. The molecule has 3 aliphatic carbocycles. The number of nitrogens with zero attached hydrogens (tertiary/aromatic N) is 1. The lowest BCUT2D eigenvalue weighted by Gasteiger charge is -2.01. The van der Waals surface area contributed by atoms with Gasteiger partial charge in [0.05, 0.1) is 0 Å². The van der Waals surface area contributed by atoms with Crippen LogP contribution in [0.5, 0.6) is 0 Å². The zero-order valence-electron chi connectivity index (χ0n) is 8.53. The molecule has 2 saturated carbocycles. The van der Waals surface area contributed by atoms with Gasteiger partial charge in [0, 0.05) is 25.1 Å². The van der Waals surface area contributed by atoms with E-state index in [0.29, 0.717) is 0 Å². The summed E-state index contributed by atoms with van der Waals surface area (Å²) in [6.07, 6.45) is 8.15. The van der Waals surface area contributed by atoms with Crippen molar-refractivity contribution in [2.24, 2.45) is 28.7 Å². The van der Waals surface area contributed by atoms with Crippen LogP contribution < -0.4 is 0 Å². The van der Waals surface area contributed by atoms with Gasteiger partial charge in [-0.15, -0.1) is 0 Å². The summed E-state index contributed by atoms with van der Waals surface area (Å²) in [7, 11) is 1.96. The molecule has 0 saturated heterocycles.